The van der Waals surface area contributed by atoms with Crippen LogP contribution in [0.5, 0.6) is 0 Å². The van der Waals surface area contributed by atoms with Gasteiger partial charge in [0.25, 0.3) is 0 Å². The highest BCUT2D eigenvalue weighted by Crippen LogP contribution is 2.21. The van der Waals surface area contributed by atoms with Crippen LogP contribution < -0.4 is 4.72 Å². The summed E-state index contributed by atoms with van der Waals surface area (Å²) in [5.74, 6) is 0. The predicted octanol–water partition coefficient (Wildman–Crippen LogP) is 1.75. The smallest absolute Gasteiger partial charge is 0.301 e. The fourth-order valence-corrected chi connectivity index (χ4v) is 3.58. The third kappa shape index (κ3) is 3.44. The summed E-state index contributed by atoms with van der Waals surface area (Å²) in [6.07, 6.45) is 0. The Hall–Kier alpha value is -0.630. The molecule has 18 heavy (non-hydrogen) atoms. The molecular formula is C11H15BrN2O3S. The van der Waals surface area contributed by atoms with Crippen LogP contribution in [0.25, 0.3) is 0 Å². The van der Waals surface area contributed by atoms with Gasteiger partial charge in [0.1, 0.15) is 0 Å². The van der Waals surface area contributed by atoms with Gasteiger partial charge in [0, 0.05) is 17.6 Å². The molecule has 100 valence electrons. The van der Waals surface area contributed by atoms with Gasteiger partial charge in [-0.2, -0.15) is 12.7 Å². The van der Waals surface area contributed by atoms with Gasteiger partial charge in [-0.1, -0.05) is 15.9 Å². The minimum atomic E-state index is -3.49. The first-order chi connectivity index (χ1) is 8.47. The van der Waals surface area contributed by atoms with Gasteiger partial charge in [0.15, 0.2) is 0 Å². The molecule has 5 nitrogen and oxygen atoms in total. The topological polar surface area (TPSA) is 58.6 Å². The molecule has 0 atom stereocenters. The highest BCUT2D eigenvalue weighted by Gasteiger charge is 2.24. The van der Waals surface area contributed by atoms with Gasteiger partial charge in [-0.05, 0) is 30.7 Å². The van der Waals surface area contributed by atoms with E-state index in [4.69, 9.17) is 4.74 Å². The Bertz CT molecular complexity index is 507. The summed E-state index contributed by atoms with van der Waals surface area (Å²) in [6, 6.07) is 5.46. The number of nitrogens with one attached hydrogen (secondary N) is 1. The molecule has 1 aliphatic rings. The Kier molecular flexibility index (Phi) is 4.26. The van der Waals surface area contributed by atoms with Crippen LogP contribution in [0, 0.1) is 6.92 Å². The Labute approximate surface area is 115 Å². The van der Waals surface area contributed by atoms with Gasteiger partial charge in [0.05, 0.1) is 18.9 Å². The molecule has 1 fully saturated rings. The molecule has 1 aliphatic heterocycles. The van der Waals surface area contributed by atoms with Crippen molar-refractivity contribution in [2.75, 3.05) is 31.0 Å². The first kappa shape index (κ1) is 13.8. The van der Waals surface area contributed by atoms with Crippen LogP contribution in [0.2, 0.25) is 0 Å². The fourth-order valence-electron chi connectivity index (χ4n) is 1.80. The molecule has 0 aliphatic carbocycles. The van der Waals surface area contributed by atoms with Gasteiger partial charge in [-0.15, -0.1) is 0 Å². The minimum absolute atomic E-state index is 0.391. The molecule has 0 aromatic heterocycles. The zero-order chi connectivity index (χ0) is 13.2. The van der Waals surface area contributed by atoms with E-state index in [1.807, 2.05) is 13.0 Å². The second kappa shape index (κ2) is 5.56. The lowest BCUT2D eigenvalue weighted by Gasteiger charge is -2.26. The molecule has 0 amide bonds. The minimum Gasteiger partial charge on any atom is -0.379 e. The van der Waals surface area contributed by atoms with Crippen LogP contribution in [-0.2, 0) is 14.9 Å². The monoisotopic (exact) mass is 334 g/mol. The Morgan fingerprint density at radius 3 is 2.56 bits per heavy atom. The van der Waals surface area contributed by atoms with Crippen molar-refractivity contribution in [1.29, 1.82) is 0 Å². The van der Waals surface area contributed by atoms with Crippen molar-refractivity contribution in [2.24, 2.45) is 0 Å². The van der Waals surface area contributed by atoms with E-state index in [-0.39, 0.29) is 0 Å². The van der Waals surface area contributed by atoms with Crippen LogP contribution in [-0.4, -0.2) is 39.0 Å². The van der Waals surface area contributed by atoms with Crippen molar-refractivity contribution in [2.45, 2.75) is 6.92 Å². The molecule has 0 unspecified atom stereocenters. The number of nitrogens with zero attached hydrogens (tertiary/aromatic N) is 1. The number of aryl methyl sites for hydroxylation is 1. The second-order valence-corrected chi connectivity index (χ2v) is 6.72. The molecule has 1 N–H and O–H groups in total. The Balaban J connectivity index is 2.16. The molecule has 1 aromatic carbocycles. The van der Waals surface area contributed by atoms with Gasteiger partial charge >= 0.3 is 10.2 Å². The Morgan fingerprint density at radius 1 is 1.28 bits per heavy atom. The second-order valence-electron chi connectivity index (χ2n) is 4.14. The highest BCUT2D eigenvalue weighted by atomic mass is 79.9. The quantitative estimate of drug-likeness (QED) is 0.916. The van der Waals surface area contributed by atoms with E-state index < -0.39 is 10.2 Å². The normalized spacial score (nSPS) is 17.7. The van der Waals surface area contributed by atoms with Crippen LogP contribution in [0.15, 0.2) is 22.7 Å². The molecule has 0 radical (unpaired) electrons. The maximum atomic E-state index is 12.1. The zero-order valence-corrected chi connectivity index (χ0v) is 12.4. The zero-order valence-electron chi connectivity index (χ0n) is 10.0. The van der Waals surface area contributed by atoms with Crippen LogP contribution in [0.3, 0.4) is 0 Å². The van der Waals surface area contributed by atoms with Crippen molar-refractivity contribution < 1.29 is 13.2 Å². The lowest BCUT2D eigenvalue weighted by Crippen LogP contribution is -2.43. The molecule has 0 bridgehead atoms. The first-order valence-electron chi connectivity index (χ1n) is 5.60. The SMILES string of the molecule is Cc1cc(Br)cc(NS(=O)(=O)N2CCOCC2)c1. The largest absolute Gasteiger partial charge is 0.379 e. The van der Waals surface area contributed by atoms with Crippen LogP contribution in [0.1, 0.15) is 5.56 Å². The summed E-state index contributed by atoms with van der Waals surface area (Å²) in [5, 5.41) is 0. The number of anilines is 1. The Morgan fingerprint density at radius 2 is 1.94 bits per heavy atom. The molecule has 0 saturated carbocycles. The number of hydrogen-bond acceptors (Lipinski definition) is 3. The average Bonchev–Trinajstić information content (AvgIpc) is 2.28. The van der Waals surface area contributed by atoms with Crippen molar-refractivity contribution in [3.05, 3.63) is 28.2 Å². The summed E-state index contributed by atoms with van der Waals surface area (Å²) < 4.78 is 34.2. The maximum Gasteiger partial charge on any atom is 0.301 e. The lowest BCUT2D eigenvalue weighted by atomic mass is 10.2. The van der Waals surface area contributed by atoms with E-state index in [2.05, 4.69) is 20.7 Å². The summed E-state index contributed by atoms with van der Waals surface area (Å²) in [6.45, 7) is 3.58. The van der Waals surface area contributed by atoms with Crippen LogP contribution >= 0.6 is 15.9 Å². The molecular weight excluding hydrogens is 320 g/mol. The number of rotatable bonds is 3. The summed E-state index contributed by atoms with van der Waals surface area (Å²) in [4.78, 5) is 0. The third-order valence-electron chi connectivity index (χ3n) is 2.60. The number of hydrogen-bond donors (Lipinski definition) is 1. The van der Waals surface area contributed by atoms with Crippen molar-refractivity contribution >= 4 is 31.8 Å². The lowest BCUT2D eigenvalue weighted by molar-refractivity contribution is 0.0733. The third-order valence-corrected chi connectivity index (χ3v) is 4.60. The van der Waals surface area contributed by atoms with E-state index in [0.29, 0.717) is 32.0 Å². The summed E-state index contributed by atoms with van der Waals surface area (Å²) >= 11 is 3.35. The highest BCUT2D eigenvalue weighted by molar-refractivity contribution is 9.10. The number of halogens is 1. The van der Waals surface area contributed by atoms with Crippen LogP contribution in [0.4, 0.5) is 5.69 Å². The molecule has 2 rings (SSSR count). The van der Waals surface area contributed by atoms with Gasteiger partial charge in [-0.3, -0.25) is 4.72 Å². The van der Waals surface area contributed by atoms with Gasteiger partial charge < -0.3 is 4.74 Å². The van der Waals surface area contributed by atoms with E-state index >= 15 is 0 Å². The van der Waals surface area contributed by atoms with Crippen molar-refractivity contribution in [3.8, 4) is 0 Å². The molecule has 1 saturated heterocycles. The van der Waals surface area contributed by atoms with E-state index in [0.717, 1.165) is 10.0 Å². The molecule has 7 heteroatoms. The number of ether oxygens (including phenoxy) is 1. The molecule has 1 aromatic rings. The summed E-state index contributed by atoms with van der Waals surface area (Å²) in [7, 11) is -3.49. The van der Waals surface area contributed by atoms with Crippen molar-refractivity contribution in [1.82, 2.24) is 4.31 Å². The number of morpholine rings is 1. The maximum absolute atomic E-state index is 12.1. The first-order valence-corrected chi connectivity index (χ1v) is 7.83. The standard InChI is InChI=1S/C11H15BrN2O3S/c1-9-6-10(12)8-11(7-9)13-18(15,16)14-2-4-17-5-3-14/h6-8,13H,2-5H2,1H3. The van der Waals surface area contributed by atoms with E-state index in [1.165, 1.54) is 4.31 Å². The van der Waals surface area contributed by atoms with E-state index in [9.17, 15) is 8.42 Å². The summed E-state index contributed by atoms with van der Waals surface area (Å²) in [5.41, 5.74) is 1.55. The van der Waals surface area contributed by atoms with Crippen molar-refractivity contribution in [3.63, 3.8) is 0 Å². The van der Waals surface area contributed by atoms with Gasteiger partial charge in [-0.25, -0.2) is 0 Å². The van der Waals surface area contributed by atoms with E-state index in [1.54, 1.807) is 12.1 Å². The van der Waals surface area contributed by atoms with Gasteiger partial charge in [0.2, 0.25) is 0 Å². The predicted molar refractivity (Wildman–Crippen MR) is 73.8 cm³/mol. The molecule has 1 heterocycles. The number of benzene rings is 1. The fraction of sp³-hybridized carbons (Fsp3) is 0.455. The average molecular weight is 335 g/mol. The molecule has 0 spiro atoms.